The molecule has 2 unspecified atom stereocenters. The number of piperazine rings is 1. The van der Waals surface area contributed by atoms with Crippen molar-refractivity contribution in [2.24, 2.45) is 5.73 Å². The summed E-state index contributed by atoms with van der Waals surface area (Å²) in [6.45, 7) is 10.5. The molecule has 0 aromatic carbocycles. The molecule has 4 heteroatoms. The summed E-state index contributed by atoms with van der Waals surface area (Å²) in [5.74, 6) is 0.233. The van der Waals surface area contributed by atoms with Gasteiger partial charge in [0, 0.05) is 31.7 Å². The Morgan fingerprint density at radius 2 is 2.00 bits per heavy atom. The number of hydrogen-bond acceptors (Lipinski definition) is 3. The highest BCUT2D eigenvalue weighted by molar-refractivity contribution is 5.82. The van der Waals surface area contributed by atoms with Crippen LogP contribution in [-0.2, 0) is 4.79 Å². The lowest BCUT2D eigenvalue weighted by Gasteiger charge is -2.43. The molecule has 1 heterocycles. The monoisotopic (exact) mass is 213 g/mol. The largest absolute Gasteiger partial charge is 0.338 e. The Morgan fingerprint density at radius 1 is 1.40 bits per heavy atom. The number of nitrogens with two attached hydrogens (primary N) is 1. The van der Waals surface area contributed by atoms with Crippen LogP contribution in [-0.4, -0.2) is 53.5 Å². The molecule has 88 valence electrons. The van der Waals surface area contributed by atoms with E-state index in [1.165, 1.54) is 0 Å². The van der Waals surface area contributed by atoms with Crippen molar-refractivity contribution in [3.8, 4) is 0 Å². The fourth-order valence-corrected chi connectivity index (χ4v) is 2.16. The first-order valence-electron chi connectivity index (χ1n) is 5.75. The second-order valence-electron chi connectivity index (χ2n) is 4.62. The summed E-state index contributed by atoms with van der Waals surface area (Å²) in [7, 11) is 0. The minimum absolute atomic E-state index is 0.0281. The summed E-state index contributed by atoms with van der Waals surface area (Å²) >= 11 is 0. The lowest BCUT2D eigenvalue weighted by atomic mass is 10.1. The minimum Gasteiger partial charge on any atom is -0.338 e. The van der Waals surface area contributed by atoms with Gasteiger partial charge in [0.1, 0.15) is 0 Å². The van der Waals surface area contributed by atoms with Gasteiger partial charge >= 0.3 is 0 Å². The molecule has 1 amide bonds. The maximum Gasteiger partial charge on any atom is 0.239 e. The van der Waals surface area contributed by atoms with Crippen LogP contribution in [0.2, 0.25) is 0 Å². The van der Waals surface area contributed by atoms with E-state index in [1.807, 2.05) is 11.8 Å². The topological polar surface area (TPSA) is 49.6 Å². The van der Waals surface area contributed by atoms with Crippen molar-refractivity contribution < 1.29 is 4.79 Å². The molecule has 15 heavy (non-hydrogen) atoms. The molecule has 1 aliphatic rings. The first-order chi connectivity index (χ1) is 6.99. The van der Waals surface area contributed by atoms with Gasteiger partial charge in [-0.3, -0.25) is 9.69 Å². The maximum absolute atomic E-state index is 12.0. The normalized spacial score (nSPS) is 26.1. The van der Waals surface area contributed by atoms with Gasteiger partial charge in [-0.15, -0.1) is 0 Å². The van der Waals surface area contributed by atoms with Crippen LogP contribution < -0.4 is 5.73 Å². The zero-order valence-corrected chi connectivity index (χ0v) is 10.2. The van der Waals surface area contributed by atoms with Crippen LogP contribution in [0.1, 0.15) is 27.7 Å². The first-order valence-corrected chi connectivity index (χ1v) is 5.75. The van der Waals surface area contributed by atoms with Gasteiger partial charge < -0.3 is 10.6 Å². The maximum atomic E-state index is 12.0. The SMILES string of the molecule is CC(C)N1CCN(C(C)CN)C(C)C1=O. The molecule has 1 fully saturated rings. The molecular formula is C11H23N3O. The van der Waals surface area contributed by atoms with E-state index in [1.54, 1.807) is 0 Å². The van der Waals surface area contributed by atoms with Gasteiger partial charge in [0.15, 0.2) is 0 Å². The number of carbonyl (C=O) groups is 1. The number of amides is 1. The second kappa shape index (κ2) is 4.94. The summed E-state index contributed by atoms with van der Waals surface area (Å²) in [4.78, 5) is 16.2. The average Bonchev–Trinajstić information content (AvgIpc) is 2.20. The van der Waals surface area contributed by atoms with Gasteiger partial charge in [-0.25, -0.2) is 0 Å². The lowest BCUT2D eigenvalue weighted by molar-refractivity contribution is -0.144. The van der Waals surface area contributed by atoms with Gasteiger partial charge in [-0.1, -0.05) is 0 Å². The molecule has 2 N–H and O–H groups in total. The Hall–Kier alpha value is -0.610. The highest BCUT2D eigenvalue weighted by atomic mass is 16.2. The van der Waals surface area contributed by atoms with Crippen molar-refractivity contribution in [1.82, 2.24) is 9.80 Å². The van der Waals surface area contributed by atoms with Crippen LogP contribution in [0.3, 0.4) is 0 Å². The number of nitrogens with zero attached hydrogens (tertiary/aromatic N) is 2. The number of hydrogen-bond donors (Lipinski definition) is 1. The van der Waals surface area contributed by atoms with Crippen LogP contribution in [0.4, 0.5) is 0 Å². The van der Waals surface area contributed by atoms with E-state index < -0.39 is 0 Å². The van der Waals surface area contributed by atoms with Crippen molar-refractivity contribution in [3.63, 3.8) is 0 Å². The van der Waals surface area contributed by atoms with Gasteiger partial charge in [0.25, 0.3) is 0 Å². The predicted molar refractivity (Wildman–Crippen MR) is 61.5 cm³/mol. The van der Waals surface area contributed by atoms with E-state index in [-0.39, 0.29) is 11.9 Å². The predicted octanol–water partition coefficient (Wildman–Crippen LogP) is 0.275. The smallest absolute Gasteiger partial charge is 0.239 e. The van der Waals surface area contributed by atoms with Crippen molar-refractivity contribution >= 4 is 5.91 Å². The molecule has 0 bridgehead atoms. The standard InChI is InChI=1S/C11H23N3O/c1-8(2)13-5-6-14(9(3)7-12)10(4)11(13)15/h8-10H,5-7,12H2,1-4H3. The van der Waals surface area contributed by atoms with Crippen LogP contribution in [0.25, 0.3) is 0 Å². The molecule has 4 nitrogen and oxygen atoms in total. The molecule has 0 aromatic rings. The number of rotatable bonds is 3. The van der Waals surface area contributed by atoms with Gasteiger partial charge in [-0.05, 0) is 27.7 Å². The molecule has 0 aromatic heterocycles. The Kier molecular flexibility index (Phi) is 4.11. The molecule has 1 saturated heterocycles. The third kappa shape index (κ3) is 2.49. The summed E-state index contributed by atoms with van der Waals surface area (Å²) in [5, 5.41) is 0. The van der Waals surface area contributed by atoms with E-state index in [9.17, 15) is 4.79 Å². The molecule has 0 radical (unpaired) electrons. The molecule has 2 atom stereocenters. The fourth-order valence-electron chi connectivity index (χ4n) is 2.16. The van der Waals surface area contributed by atoms with Crippen molar-refractivity contribution in [1.29, 1.82) is 0 Å². The molecular weight excluding hydrogens is 190 g/mol. The molecule has 1 aliphatic heterocycles. The van der Waals surface area contributed by atoms with Gasteiger partial charge in [-0.2, -0.15) is 0 Å². The lowest BCUT2D eigenvalue weighted by Crippen LogP contribution is -2.60. The Balaban J connectivity index is 2.68. The third-order valence-electron chi connectivity index (χ3n) is 3.27. The molecule has 0 spiro atoms. The highest BCUT2D eigenvalue weighted by Gasteiger charge is 2.34. The van der Waals surface area contributed by atoms with Crippen LogP contribution in [0.15, 0.2) is 0 Å². The van der Waals surface area contributed by atoms with Crippen molar-refractivity contribution in [3.05, 3.63) is 0 Å². The Bertz CT molecular complexity index is 230. The quantitative estimate of drug-likeness (QED) is 0.732. The summed E-state index contributed by atoms with van der Waals surface area (Å²) < 4.78 is 0. The average molecular weight is 213 g/mol. The summed E-state index contributed by atoms with van der Waals surface area (Å²) in [6.07, 6.45) is 0. The van der Waals surface area contributed by atoms with E-state index in [2.05, 4.69) is 25.7 Å². The Morgan fingerprint density at radius 3 is 2.47 bits per heavy atom. The zero-order chi connectivity index (χ0) is 11.6. The van der Waals surface area contributed by atoms with E-state index >= 15 is 0 Å². The van der Waals surface area contributed by atoms with Gasteiger partial charge in [0.2, 0.25) is 5.91 Å². The molecule has 1 rings (SSSR count). The fraction of sp³-hybridized carbons (Fsp3) is 0.909. The second-order valence-corrected chi connectivity index (χ2v) is 4.62. The summed E-state index contributed by atoms with van der Waals surface area (Å²) in [6, 6.07) is 0.563. The van der Waals surface area contributed by atoms with Crippen LogP contribution in [0, 0.1) is 0 Å². The van der Waals surface area contributed by atoms with Crippen LogP contribution in [0.5, 0.6) is 0 Å². The van der Waals surface area contributed by atoms with E-state index in [0.717, 1.165) is 13.1 Å². The van der Waals surface area contributed by atoms with Crippen molar-refractivity contribution in [2.75, 3.05) is 19.6 Å². The van der Waals surface area contributed by atoms with E-state index in [0.29, 0.717) is 18.6 Å². The van der Waals surface area contributed by atoms with Gasteiger partial charge in [0.05, 0.1) is 6.04 Å². The highest BCUT2D eigenvalue weighted by Crippen LogP contribution is 2.15. The first kappa shape index (κ1) is 12.5. The third-order valence-corrected chi connectivity index (χ3v) is 3.27. The van der Waals surface area contributed by atoms with Crippen molar-refractivity contribution in [2.45, 2.75) is 45.8 Å². The number of carbonyl (C=O) groups excluding carboxylic acids is 1. The van der Waals surface area contributed by atoms with Crippen LogP contribution >= 0.6 is 0 Å². The van der Waals surface area contributed by atoms with E-state index in [4.69, 9.17) is 5.73 Å². The molecule has 0 aliphatic carbocycles. The molecule has 0 saturated carbocycles. The zero-order valence-electron chi connectivity index (χ0n) is 10.2. The summed E-state index contributed by atoms with van der Waals surface area (Å²) in [5.41, 5.74) is 5.64. The Labute approximate surface area is 92.4 Å². The minimum atomic E-state index is -0.0281.